The molecule has 5 rings (SSSR count). The van der Waals surface area contributed by atoms with Crippen LogP contribution in [0.5, 0.6) is 0 Å². The average Bonchev–Trinajstić information content (AvgIpc) is 3.32. The van der Waals surface area contributed by atoms with Crippen LogP contribution in [-0.2, 0) is 11.3 Å². The van der Waals surface area contributed by atoms with E-state index in [1.54, 1.807) is 23.2 Å². The number of aromatic nitrogens is 1. The molecule has 196 valence electrons. The molecule has 2 amide bonds. The molecule has 0 atom stereocenters. The first-order valence-corrected chi connectivity index (χ1v) is 12.8. The van der Waals surface area contributed by atoms with E-state index in [1.807, 2.05) is 51.1 Å². The predicted molar refractivity (Wildman–Crippen MR) is 147 cm³/mol. The van der Waals surface area contributed by atoms with Gasteiger partial charge in [-0.3, -0.25) is 14.7 Å². The summed E-state index contributed by atoms with van der Waals surface area (Å²) in [6.45, 7) is 9.27. The molecule has 2 aromatic carbocycles. The number of nitrogens with one attached hydrogen (secondary N) is 1. The van der Waals surface area contributed by atoms with Crippen molar-refractivity contribution in [2.24, 2.45) is 0 Å². The molecule has 1 N–H and O–H groups in total. The predicted octanol–water partition coefficient (Wildman–Crippen LogP) is 5.80. The molecule has 0 unspecified atom stereocenters. The Balaban J connectivity index is 1.27. The van der Waals surface area contributed by atoms with Gasteiger partial charge in [-0.1, -0.05) is 24.3 Å². The number of ether oxygens (including phenoxy) is 1. The second-order valence-corrected chi connectivity index (χ2v) is 10.5. The van der Waals surface area contributed by atoms with E-state index in [4.69, 9.17) is 9.15 Å². The topological polar surface area (TPSA) is 87.9 Å². The van der Waals surface area contributed by atoms with Gasteiger partial charge in [0, 0.05) is 56.1 Å². The van der Waals surface area contributed by atoms with Crippen LogP contribution < -0.4 is 5.32 Å². The molecule has 2 aromatic heterocycles. The molecule has 8 nitrogen and oxygen atoms in total. The number of fused-ring (bicyclic) bond motifs is 1. The number of carbonyl (C=O) groups is 2. The Labute approximate surface area is 222 Å². The maximum Gasteiger partial charge on any atom is 0.410 e. The fourth-order valence-electron chi connectivity index (χ4n) is 4.48. The van der Waals surface area contributed by atoms with Crippen LogP contribution in [0.3, 0.4) is 0 Å². The van der Waals surface area contributed by atoms with E-state index in [0.29, 0.717) is 30.1 Å². The highest BCUT2D eigenvalue weighted by Gasteiger charge is 2.26. The highest BCUT2D eigenvalue weighted by Crippen LogP contribution is 2.33. The monoisotopic (exact) mass is 512 g/mol. The zero-order valence-electron chi connectivity index (χ0n) is 21.9. The van der Waals surface area contributed by atoms with Gasteiger partial charge in [0.1, 0.15) is 16.9 Å². The Hall–Kier alpha value is -4.17. The maximum atomic E-state index is 12.7. The largest absolute Gasteiger partial charge is 0.456 e. The number of hydrogen-bond acceptors (Lipinski definition) is 6. The van der Waals surface area contributed by atoms with Gasteiger partial charge in [0.05, 0.1) is 11.3 Å². The number of furan rings is 1. The van der Waals surface area contributed by atoms with Gasteiger partial charge in [-0.25, -0.2) is 4.79 Å². The third-order valence-corrected chi connectivity index (χ3v) is 6.38. The minimum absolute atomic E-state index is 0.226. The Morgan fingerprint density at radius 1 is 1.00 bits per heavy atom. The molecule has 1 fully saturated rings. The molecular formula is C30H32N4O4. The summed E-state index contributed by atoms with van der Waals surface area (Å²) in [5, 5.41) is 3.97. The van der Waals surface area contributed by atoms with Crippen LogP contribution in [0, 0.1) is 0 Å². The molecule has 4 aromatic rings. The lowest BCUT2D eigenvalue weighted by Gasteiger charge is -2.35. The van der Waals surface area contributed by atoms with E-state index in [2.05, 4.69) is 33.4 Å². The highest BCUT2D eigenvalue weighted by molar-refractivity contribution is 6.06. The molecule has 1 aliphatic heterocycles. The Bertz CT molecular complexity index is 1430. The first-order valence-electron chi connectivity index (χ1n) is 12.8. The zero-order valence-corrected chi connectivity index (χ0v) is 21.9. The second-order valence-electron chi connectivity index (χ2n) is 10.5. The Morgan fingerprint density at radius 2 is 1.79 bits per heavy atom. The third kappa shape index (κ3) is 6.03. The Kier molecular flexibility index (Phi) is 7.15. The van der Waals surface area contributed by atoms with Crippen molar-refractivity contribution in [1.82, 2.24) is 14.8 Å². The van der Waals surface area contributed by atoms with Crippen LogP contribution in [0.2, 0.25) is 0 Å². The van der Waals surface area contributed by atoms with Crippen LogP contribution in [0.4, 0.5) is 10.5 Å². The van der Waals surface area contributed by atoms with E-state index >= 15 is 0 Å². The van der Waals surface area contributed by atoms with Crippen molar-refractivity contribution < 1.29 is 18.7 Å². The minimum Gasteiger partial charge on any atom is -0.456 e. The third-order valence-electron chi connectivity index (χ3n) is 6.38. The number of piperazine rings is 1. The summed E-state index contributed by atoms with van der Waals surface area (Å²) in [6, 6.07) is 19.3. The van der Waals surface area contributed by atoms with Crippen LogP contribution >= 0.6 is 0 Å². The van der Waals surface area contributed by atoms with Crippen LogP contribution in [0.15, 0.2) is 77.5 Å². The van der Waals surface area contributed by atoms with Crippen LogP contribution in [-0.4, -0.2) is 58.6 Å². The number of rotatable bonds is 5. The van der Waals surface area contributed by atoms with Gasteiger partial charge in [0.15, 0.2) is 0 Å². The summed E-state index contributed by atoms with van der Waals surface area (Å²) in [5.41, 5.74) is 3.41. The van der Waals surface area contributed by atoms with E-state index in [-0.39, 0.29) is 12.0 Å². The van der Waals surface area contributed by atoms with Gasteiger partial charge in [0.25, 0.3) is 5.91 Å². The van der Waals surface area contributed by atoms with E-state index in [0.717, 1.165) is 41.7 Å². The number of pyridine rings is 1. The molecule has 0 spiro atoms. The second kappa shape index (κ2) is 10.7. The summed E-state index contributed by atoms with van der Waals surface area (Å²) in [7, 11) is 0. The molecule has 0 aliphatic carbocycles. The number of hydrogen-bond donors (Lipinski definition) is 1. The van der Waals surface area contributed by atoms with E-state index in [1.165, 1.54) is 6.20 Å². The fourth-order valence-corrected chi connectivity index (χ4v) is 4.48. The summed E-state index contributed by atoms with van der Waals surface area (Å²) in [5.74, 6) is 0.459. The lowest BCUT2D eigenvalue weighted by molar-refractivity contribution is 0.0139. The lowest BCUT2D eigenvalue weighted by Crippen LogP contribution is -2.49. The van der Waals surface area contributed by atoms with Gasteiger partial charge in [-0.15, -0.1) is 0 Å². The molecule has 3 heterocycles. The van der Waals surface area contributed by atoms with Gasteiger partial charge in [-0.2, -0.15) is 0 Å². The fraction of sp³-hybridized carbons (Fsp3) is 0.300. The number of nitrogens with zero attached hydrogens (tertiary/aromatic N) is 3. The average molecular weight is 513 g/mol. The molecule has 0 bridgehead atoms. The first kappa shape index (κ1) is 25.5. The number of para-hydroxylation sites is 1. The van der Waals surface area contributed by atoms with Crippen molar-refractivity contribution in [2.75, 3.05) is 31.5 Å². The van der Waals surface area contributed by atoms with Crippen molar-refractivity contribution >= 4 is 28.7 Å². The smallest absolute Gasteiger partial charge is 0.410 e. The Morgan fingerprint density at radius 3 is 2.53 bits per heavy atom. The van der Waals surface area contributed by atoms with E-state index in [9.17, 15) is 9.59 Å². The molecule has 0 radical (unpaired) electrons. The number of benzene rings is 2. The molecule has 1 aliphatic rings. The summed E-state index contributed by atoms with van der Waals surface area (Å²) in [4.78, 5) is 33.2. The quantitative estimate of drug-likeness (QED) is 0.364. The normalized spacial score (nSPS) is 14.4. The lowest BCUT2D eigenvalue weighted by atomic mass is 10.1. The van der Waals surface area contributed by atoms with Crippen molar-refractivity contribution in [3.8, 4) is 11.3 Å². The van der Waals surface area contributed by atoms with Crippen molar-refractivity contribution in [1.29, 1.82) is 0 Å². The van der Waals surface area contributed by atoms with E-state index < -0.39 is 5.60 Å². The molecule has 38 heavy (non-hydrogen) atoms. The van der Waals surface area contributed by atoms with Crippen LogP contribution in [0.25, 0.3) is 22.3 Å². The van der Waals surface area contributed by atoms with Crippen molar-refractivity contribution in [3.63, 3.8) is 0 Å². The summed E-state index contributed by atoms with van der Waals surface area (Å²) < 4.78 is 11.8. The summed E-state index contributed by atoms with van der Waals surface area (Å²) in [6.07, 6.45) is 2.92. The number of carbonyl (C=O) groups excluding carboxylic acids is 2. The summed E-state index contributed by atoms with van der Waals surface area (Å²) >= 11 is 0. The highest BCUT2D eigenvalue weighted by atomic mass is 16.6. The van der Waals surface area contributed by atoms with Gasteiger partial charge in [-0.05, 0) is 62.7 Å². The van der Waals surface area contributed by atoms with Crippen LogP contribution in [0.1, 0.15) is 36.7 Å². The van der Waals surface area contributed by atoms with Gasteiger partial charge in [0.2, 0.25) is 0 Å². The van der Waals surface area contributed by atoms with Gasteiger partial charge >= 0.3 is 6.09 Å². The molecular weight excluding hydrogens is 480 g/mol. The molecule has 8 heteroatoms. The maximum absolute atomic E-state index is 12.7. The van der Waals surface area contributed by atoms with Gasteiger partial charge < -0.3 is 19.4 Å². The van der Waals surface area contributed by atoms with Crippen molar-refractivity contribution in [3.05, 3.63) is 84.2 Å². The minimum atomic E-state index is -0.489. The SMILES string of the molecule is CC(C)(C)OC(=O)N1CCN(Cc2ccc3cc(-c4ccccc4NC(=O)c4cccnc4)oc3c2)CC1. The number of amides is 2. The number of anilines is 1. The van der Waals surface area contributed by atoms with Crippen molar-refractivity contribution in [2.45, 2.75) is 32.9 Å². The molecule has 1 saturated heterocycles. The zero-order chi connectivity index (χ0) is 26.7. The first-order chi connectivity index (χ1) is 18.2. The molecule has 0 saturated carbocycles. The standard InChI is InChI=1S/C30H32N4O4/c1-30(2,3)38-29(36)34-15-13-33(14-16-34)20-21-10-11-22-18-27(37-26(22)17-21)24-8-4-5-9-25(24)32-28(35)23-7-6-12-31-19-23/h4-12,17-19H,13-16,20H2,1-3H3,(H,32,35).